The molecule has 1 heteroatoms. The molecule has 0 fully saturated rings. The smallest absolute Gasteiger partial charge is 0.0390 e. The van der Waals surface area contributed by atoms with Crippen molar-refractivity contribution >= 4 is 11.8 Å². The first-order valence-corrected chi connectivity index (χ1v) is 8.18. The van der Waals surface area contributed by atoms with Crippen LogP contribution in [0.25, 0.3) is 6.08 Å². The molecule has 0 aliphatic heterocycles. The number of hydrogen-bond donors (Lipinski definition) is 1. The molecule has 0 unspecified atom stereocenters. The molecule has 1 aromatic carbocycles. The third-order valence-corrected chi connectivity index (χ3v) is 4.19. The molecule has 122 valence electrons. The first-order valence-electron chi connectivity index (χ1n) is 8.18. The third-order valence-electron chi connectivity index (χ3n) is 4.19. The Hall–Kier alpha value is -1.50. The van der Waals surface area contributed by atoms with Gasteiger partial charge in [-0.15, -0.1) is 0 Å². The molecule has 0 saturated heterocycles. The van der Waals surface area contributed by atoms with Crippen LogP contribution in [0.5, 0.6) is 0 Å². The van der Waals surface area contributed by atoms with Crippen LogP contribution in [-0.2, 0) is 10.8 Å². The monoisotopic (exact) mass is 299 g/mol. The fourth-order valence-electron chi connectivity index (χ4n) is 2.63. The summed E-state index contributed by atoms with van der Waals surface area (Å²) in [6, 6.07) is 4.47. The Kier molecular flexibility index (Phi) is 5.33. The summed E-state index contributed by atoms with van der Waals surface area (Å²) in [5.41, 5.74) is 13.6. The molecule has 0 amide bonds. The predicted octanol–water partition coefficient (Wildman–Crippen LogP) is 6.23. The van der Waals surface area contributed by atoms with Crippen LogP contribution < -0.4 is 5.73 Å². The van der Waals surface area contributed by atoms with Gasteiger partial charge < -0.3 is 5.73 Å². The lowest BCUT2D eigenvalue weighted by Crippen LogP contribution is -2.20. The van der Waals surface area contributed by atoms with Crippen molar-refractivity contribution in [2.24, 2.45) is 0 Å². The molecule has 0 aromatic heterocycles. The number of nitrogen functional groups attached to an aromatic ring is 1. The van der Waals surface area contributed by atoms with Gasteiger partial charge >= 0.3 is 0 Å². The summed E-state index contributed by atoms with van der Waals surface area (Å²) < 4.78 is 0. The van der Waals surface area contributed by atoms with Gasteiger partial charge in [0.25, 0.3) is 0 Å². The van der Waals surface area contributed by atoms with Gasteiger partial charge in [-0.25, -0.2) is 0 Å². The lowest BCUT2D eigenvalue weighted by Gasteiger charge is -2.29. The van der Waals surface area contributed by atoms with Gasteiger partial charge in [-0.2, -0.15) is 0 Å². The number of nitrogens with two attached hydrogens (primary N) is 1. The topological polar surface area (TPSA) is 26.0 Å². The van der Waals surface area contributed by atoms with E-state index in [9.17, 15) is 0 Å². The van der Waals surface area contributed by atoms with Crippen LogP contribution in [0.4, 0.5) is 5.69 Å². The summed E-state index contributed by atoms with van der Waals surface area (Å²) >= 11 is 0. The Balaban J connectivity index is 3.59. The van der Waals surface area contributed by atoms with Crippen LogP contribution in [0, 0.1) is 0 Å². The molecule has 0 bridgehead atoms. The predicted molar refractivity (Wildman–Crippen MR) is 101 cm³/mol. The highest BCUT2D eigenvalue weighted by Crippen LogP contribution is 2.37. The van der Waals surface area contributed by atoms with Crippen molar-refractivity contribution in [3.8, 4) is 0 Å². The molecule has 0 radical (unpaired) electrons. The molecule has 0 aliphatic carbocycles. The van der Waals surface area contributed by atoms with Gasteiger partial charge in [-0.3, -0.25) is 0 Å². The van der Waals surface area contributed by atoms with Crippen molar-refractivity contribution in [3.63, 3.8) is 0 Å². The summed E-state index contributed by atoms with van der Waals surface area (Å²) in [4.78, 5) is 0. The molecule has 1 aromatic rings. The fraction of sp³-hybridized carbons (Fsp3) is 0.524. The summed E-state index contributed by atoms with van der Waals surface area (Å²) in [5.74, 6) is 0. The van der Waals surface area contributed by atoms with Gasteiger partial charge in [-0.1, -0.05) is 66.7 Å². The molecule has 0 heterocycles. The Morgan fingerprint density at radius 1 is 1.05 bits per heavy atom. The molecule has 0 spiro atoms. The number of anilines is 1. The maximum absolute atomic E-state index is 6.50. The van der Waals surface area contributed by atoms with Crippen molar-refractivity contribution in [2.45, 2.75) is 72.6 Å². The number of hydrogen-bond acceptors (Lipinski definition) is 1. The molecule has 22 heavy (non-hydrogen) atoms. The number of rotatable bonds is 3. The molecular weight excluding hydrogens is 266 g/mol. The highest BCUT2D eigenvalue weighted by Gasteiger charge is 2.24. The zero-order valence-electron chi connectivity index (χ0n) is 15.7. The highest BCUT2D eigenvalue weighted by atomic mass is 14.6. The van der Waals surface area contributed by atoms with E-state index < -0.39 is 0 Å². The first-order chi connectivity index (χ1) is 9.87. The van der Waals surface area contributed by atoms with Crippen LogP contribution in [0.3, 0.4) is 0 Å². The lowest BCUT2D eigenvalue weighted by atomic mass is 9.77. The Morgan fingerprint density at radius 3 is 1.77 bits per heavy atom. The quantitative estimate of drug-likeness (QED) is 0.519. The third kappa shape index (κ3) is 4.25. The van der Waals surface area contributed by atoms with Crippen molar-refractivity contribution in [2.75, 3.05) is 5.73 Å². The molecule has 2 N–H and O–H groups in total. The molecular formula is C21H33N. The van der Waals surface area contributed by atoms with Gasteiger partial charge in [0.15, 0.2) is 0 Å². The number of allylic oxidation sites excluding steroid dienone is 2. The Labute approximate surface area is 137 Å². The molecule has 0 saturated carbocycles. The van der Waals surface area contributed by atoms with Gasteiger partial charge in [0, 0.05) is 5.69 Å². The van der Waals surface area contributed by atoms with Gasteiger partial charge in [-0.05, 0) is 58.6 Å². The minimum atomic E-state index is 0.0314. The van der Waals surface area contributed by atoms with Crippen molar-refractivity contribution in [3.05, 3.63) is 46.5 Å². The normalized spacial score (nSPS) is 13.4. The minimum absolute atomic E-state index is 0.0314. The van der Waals surface area contributed by atoms with Crippen LogP contribution in [0.15, 0.2) is 29.9 Å². The largest absolute Gasteiger partial charge is 0.398 e. The molecule has 0 atom stereocenters. The second-order valence-electron chi connectivity index (χ2n) is 8.31. The zero-order chi connectivity index (χ0) is 17.3. The maximum atomic E-state index is 6.50. The average molecular weight is 300 g/mol. The fourth-order valence-corrected chi connectivity index (χ4v) is 2.63. The van der Waals surface area contributed by atoms with E-state index in [1.165, 1.54) is 27.8 Å². The minimum Gasteiger partial charge on any atom is -0.398 e. The van der Waals surface area contributed by atoms with Gasteiger partial charge in [0.2, 0.25) is 0 Å². The lowest BCUT2D eigenvalue weighted by molar-refractivity contribution is 0.572. The van der Waals surface area contributed by atoms with E-state index in [0.717, 1.165) is 12.1 Å². The average Bonchev–Trinajstić information content (AvgIpc) is 2.36. The van der Waals surface area contributed by atoms with E-state index in [1.54, 1.807) is 0 Å². The molecule has 1 nitrogen and oxygen atoms in total. The van der Waals surface area contributed by atoms with E-state index in [4.69, 9.17) is 5.73 Å². The molecule has 1 rings (SSSR count). The molecule has 0 aliphatic rings. The van der Waals surface area contributed by atoms with E-state index in [-0.39, 0.29) is 10.8 Å². The summed E-state index contributed by atoms with van der Waals surface area (Å²) in [7, 11) is 0. The Morgan fingerprint density at radius 2 is 1.45 bits per heavy atom. The first kappa shape index (κ1) is 18.5. The van der Waals surface area contributed by atoms with Crippen molar-refractivity contribution in [1.82, 2.24) is 0 Å². The number of benzene rings is 1. The SMILES string of the molecule is C=C(CC)/C(C)=C/c1cc(C(C)(C)C)c(N)c(C(C)(C)C)c1. The second-order valence-corrected chi connectivity index (χ2v) is 8.31. The highest BCUT2D eigenvalue weighted by molar-refractivity contribution is 5.67. The Bertz CT molecular complexity index is 554. The van der Waals surface area contributed by atoms with Crippen LogP contribution in [0.1, 0.15) is 78.5 Å². The second kappa shape index (κ2) is 6.32. The standard InChI is InChI=1S/C21H33N/c1-10-14(2)15(3)11-16-12-17(20(4,5)6)19(22)18(13-16)21(7,8)9/h11-13H,2,10,22H2,1,3-9H3/b15-11+. The van der Waals surface area contributed by atoms with Crippen LogP contribution >= 0.6 is 0 Å². The summed E-state index contributed by atoms with van der Waals surface area (Å²) in [5, 5.41) is 0. The zero-order valence-corrected chi connectivity index (χ0v) is 15.7. The van der Waals surface area contributed by atoms with E-state index in [2.05, 4.69) is 80.2 Å². The van der Waals surface area contributed by atoms with E-state index >= 15 is 0 Å². The van der Waals surface area contributed by atoms with Crippen LogP contribution in [0.2, 0.25) is 0 Å². The maximum Gasteiger partial charge on any atom is 0.0390 e. The van der Waals surface area contributed by atoms with E-state index in [1.807, 2.05) is 0 Å². The summed E-state index contributed by atoms with van der Waals surface area (Å²) in [6.45, 7) is 21.7. The van der Waals surface area contributed by atoms with Crippen molar-refractivity contribution in [1.29, 1.82) is 0 Å². The summed E-state index contributed by atoms with van der Waals surface area (Å²) in [6.07, 6.45) is 3.21. The van der Waals surface area contributed by atoms with Crippen molar-refractivity contribution < 1.29 is 0 Å². The van der Waals surface area contributed by atoms with Gasteiger partial charge in [0.1, 0.15) is 0 Å². The van der Waals surface area contributed by atoms with Gasteiger partial charge in [0.05, 0.1) is 0 Å². The van der Waals surface area contributed by atoms with E-state index in [0.29, 0.717) is 0 Å². The van der Waals surface area contributed by atoms with Crippen LogP contribution in [-0.4, -0.2) is 0 Å².